The summed E-state index contributed by atoms with van der Waals surface area (Å²) >= 11 is 0. The molecule has 0 saturated carbocycles. The Morgan fingerprint density at radius 1 is 1.29 bits per heavy atom. The van der Waals surface area contributed by atoms with Crippen LogP contribution in [0.25, 0.3) is 11.0 Å². The molecule has 3 rings (SSSR count). The molecule has 0 unspecified atom stereocenters. The highest BCUT2D eigenvalue weighted by Crippen LogP contribution is 2.21. The number of carbonyl (C=O) groups is 1. The number of para-hydroxylation sites is 1. The first-order valence-corrected chi connectivity index (χ1v) is 7.55. The van der Waals surface area contributed by atoms with Gasteiger partial charge in [-0.2, -0.15) is 0 Å². The van der Waals surface area contributed by atoms with Crippen molar-refractivity contribution in [1.29, 1.82) is 0 Å². The number of benzene rings is 2. The highest BCUT2D eigenvalue weighted by molar-refractivity contribution is 5.97. The fourth-order valence-electron chi connectivity index (χ4n) is 2.61. The maximum atomic E-state index is 12.7. The molecule has 0 atom stereocenters. The fourth-order valence-corrected chi connectivity index (χ4v) is 2.61. The Hall–Kier alpha value is -3.22. The highest BCUT2D eigenvalue weighted by atomic mass is 16.6. The zero-order valence-electron chi connectivity index (χ0n) is 13.1. The molecule has 24 heavy (non-hydrogen) atoms. The number of amides is 1. The van der Waals surface area contributed by atoms with Crippen molar-refractivity contribution in [1.82, 2.24) is 14.9 Å². The number of nitro groups is 1. The number of hydrogen-bond acceptors (Lipinski definition) is 4. The maximum Gasteiger partial charge on any atom is 0.274 e. The quantitative estimate of drug-likeness (QED) is 0.576. The molecule has 0 aliphatic heterocycles. The molecule has 1 heterocycles. The monoisotopic (exact) mass is 324 g/mol. The van der Waals surface area contributed by atoms with E-state index in [1.54, 1.807) is 47.6 Å². The van der Waals surface area contributed by atoms with Gasteiger partial charge in [0.05, 0.1) is 28.8 Å². The SMILES string of the molecule is CCN(Cc1ccccc1[N+](=O)[O-])C(=O)c1ccc2nc[nH]c2c1. The van der Waals surface area contributed by atoms with E-state index in [0.717, 1.165) is 11.0 Å². The number of aromatic nitrogens is 2. The Kier molecular flexibility index (Phi) is 4.24. The largest absolute Gasteiger partial charge is 0.345 e. The number of fused-ring (bicyclic) bond motifs is 1. The number of hydrogen-bond donors (Lipinski definition) is 1. The van der Waals surface area contributed by atoms with Crippen molar-refractivity contribution in [2.45, 2.75) is 13.5 Å². The molecule has 7 nitrogen and oxygen atoms in total. The van der Waals surface area contributed by atoms with E-state index < -0.39 is 4.92 Å². The van der Waals surface area contributed by atoms with E-state index >= 15 is 0 Å². The summed E-state index contributed by atoms with van der Waals surface area (Å²) in [5.74, 6) is -0.174. The van der Waals surface area contributed by atoms with Crippen molar-refractivity contribution in [3.05, 3.63) is 70.0 Å². The Balaban J connectivity index is 1.88. The van der Waals surface area contributed by atoms with E-state index in [0.29, 0.717) is 17.7 Å². The molecule has 0 radical (unpaired) electrons. The van der Waals surface area contributed by atoms with Gasteiger partial charge in [0, 0.05) is 23.7 Å². The molecular weight excluding hydrogens is 308 g/mol. The van der Waals surface area contributed by atoms with E-state index in [1.807, 2.05) is 6.92 Å². The molecule has 0 fully saturated rings. The van der Waals surface area contributed by atoms with Gasteiger partial charge in [0.1, 0.15) is 0 Å². The van der Waals surface area contributed by atoms with Crippen LogP contribution in [0.4, 0.5) is 5.69 Å². The second-order valence-electron chi connectivity index (χ2n) is 5.34. The Morgan fingerprint density at radius 2 is 2.08 bits per heavy atom. The lowest BCUT2D eigenvalue weighted by molar-refractivity contribution is -0.385. The average molecular weight is 324 g/mol. The van der Waals surface area contributed by atoms with Gasteiger partial charge < -0.3 is 9.88 Å². The summed E-state index contributed by atoms with van der Waals surface area (Å²) in [6.07, 6.45) is 1.57. The van der Waals surface area contributed by atoms with Crippen LogP contribution in [0, 0.1) is 10.1 Å². The van der Waals surface area contributed by atoms with Crippen molar-refractivity contribution < 1.29 is 9.72 Å². The summed E-state index contributed by atoms with van der Waals surface area (Å²) < 4.78 is 0. The van der Waals surface area contributed by atoms with E-state index in [-0.39, 0.29) is 18.1 Å². The number of carbonyl (C=O) groups excluding carboxylic acids is 1. The summed E-state index contributed by atoms with van der Waals surface area (Å²) in [6, 6.07) is 11.7. The predicted octanol–water partition coefficient (Wildman–Crippen LogP) is 3.13. The van der Waals surface area contributed by atoms with Crippen LogP contribution in [0.15, 0.2) is 48.8 Å². The van der Waals surface area contributed by atoms with Crippen LogP contribution >= 0.6 is 0 Å². The third-order valence-corrected chi connectivity index (χ3v) is 3.89. The van der Waals surface area contributed by atoms with Crippen molar-refractivity contribution >= 4 is 22.6 Å². The standard InChI is InChI=1S/C17H16N4O3/c1-2-20(10-13-5-3-4-6-16(13)21(23)24)17(22)12-7-8-14-15(9-12)19-11-18-14/h3-9,11H,2,10H2,1H3,(H,18,19). The normalized spacial score (nSPS) is 10.7. The Bertz CT molecular complexity index is 903. The average Bonchev–Trinajstić information content (AvgIpc) is 3.06. The van der Waals surface area contributed by atoms with Gasteiger partial charge in [0.15, 0.2) is 0 Å². The van der Waals surface area contributed by atoms with E-state index in [4.69, 9.17) is 0 Å². The molecule has 0 bridgehead atoms. The van der Waals surface area contributed by atoms with Crippen LogP contribution in [0.5, 0.6) is 0 Å². The zero-order chi connectivity index (χ0) is 17.1. The number of aromatic amines is 1. The first-order chi connectivity index (χ1) is 11.6. The molecule has 1 N–H and O–H groups in total. The molecule has 2 aromatic carbocycles. The summed E-state index contributed by atoms with van der Waals surface area (Å²) in [4.78, 5) is 32.1. The molecule has 3 aromatic rings. The van der Waals surface area contributed by atoms with Crippen LogP contribution < -0.4 is 0 Å². The zero-order valence-corrected chi connectivity index (χ0v) is 13.1. The number of nitro benzene ring substituents is 1. The minimum absolute atomic E-state index is 0.0211. The first kappa shape index (κ1) is 15.7. The lowest BCUT2D eigenvalue weighted by atomic mass is 10.1. The molecule has 1 aromatic heterocycles. The van der Waals surface area contributed by atoms with Crippen LogP contribution in [-0.4, -0.2) is 32.2 Å². The van der Waals surface area contributed by atoms with Gasteiger partial charge in [-0.25, -0.2) is 4.98 Å². The smallest absolute Gasteiger partial charge is 0.274 e. The highest BCUT2D eigenvalue weighted by Gasteiger charge is 2.20. The maximum absolute atomic E-state index is 12.7. The fraction of sp³-hybridized carbons (Fsp3) is 0.176. The minimum atomic E-state index is -0.426. The van der Waals surface area contributed by atoms with E-state index in [1.165, 1.54) is 6.07 Å². The molecule has 7 heteroatoms. The Labute approximate surface area is 138 Å². The third-order valence-electron chi connectivity index (χ3n) is 3.89. The first-order valence-electron chi connectivity index (χ1n) is 7.55. The summed E-state index contributed by atoms with van der Waals surface area (Å²) in [7, 11) is 0. The van der Waals surface area contributed by atoms with Gasteiger partial charge in [-0.3, -0.25) is 14.9 Å². The molecule has 0 saturated heterocycles. The van der Waals surface area contributed by atoms with Crippen LogP contribution in [-0.2, 0) is 6.54 Å². The summed E-state index contributed by atoms with van der Waals surface area (Å²) in [5, 5.41) is 11.1. The molecule has 1 amide bonds. The number of H-pyrrole nitrogens is 1. The predicted molar refractivity (Wildman–Crippen MR) is 89.6 cm³/mol. The van der Waals surface area contributed by atoms with Crippen LogP contribution in [0.2, 0.25) is 0 Å². The third kappa shape index (κ3) is 2.96. The molecule has 0 aliphatic rings. The summed E-state index contributed by atoms with van der Waals surface area (Å²) in [6.45, 7) is 2.49. The summed E-state index contributed by atoms with van der Waals surface area (Å²) in [5.41, 5.74) is 2.62. The number of nitrogens with one attached hydrogen (secondary N) is 1. The number of nitrogens with zero attached hydrogens (tertiary/aromatic N) is 3. The molecule has 0 spiro atoms. The van der Waals surface area contributed by atoms with Crippen LogP contribution in [0.1, 0.15) is 22.8 Å². The van der Waals surface area contributed by atoms with Gasteiger partial charge in [-0.15, -0.1) is 0 Å². The van der Waals surface area contributed by atoms with Crippen LogP contribution in [0.3, 0.4) is 0 Å². The van der Waals surface area contributed by atoms with Crippen molar-refractivity contribution in [3.63, 3.8) is 0 Å². The molecular formula is C17H16N4O3. The Morgan fingerprint density at radius 3 is 2.83 bits per heavy atom. The lowest BCUT2D eigenvalue weighted by Crippen LogP contribution is -2.30. The van der Waals surface area contributed by atoms with Gasteiger partial charge >= 0.3 is 0 Å². The van der Waals surface area contributed by atoms with Crippen molar-refractivity contribution in [2.75, 3.05) is 6.54 Å². The minimum Gasteiger partial charge on any atom is -0.345 e. The number of imidazole rings is 1. The van der Waals surface area contributed by atoms with Gasteiger partial charge in [0.25, 0.3) is 11.6 Å². The number of rotatable bonds is 5. The second kappa shape index (κ2) is 6.49. The molecule has 122 valence electrons. The lowest BCUT2D eigenvalue weighted by Gasteiger charge is -2.21. The van der Waals surface area contributed by atoms with Crippen molar-refractivity contribution in [2.24, 2.45) is 0 Å². The van der Waals surface area contributed by atoms with Gasteiger partial charge in [-0.1, -0.05) is 18.2 Å². The van der Waals surface area contributed by atoms with E-state index in [9.17, 15) is 14.9 Å². The second-order valence-corrected chi connectivity index (χ2v) is 5.34. The van der Waals surface area contributed by atoms with Gasteiger partial charge in [0.2, 0.25) is 0 Å². The van der Waals surface area contributed by atoms with Crippen molar-refractivity contribution in [3.8, 4) is 0 Å². The molecule has 0 aliphatic carbocycles. The topological polar surface area (TPSA) is 92.1 Å². The van der Waals surface area contributed by atoms with E-state index in [2.05, 4.69) is 9.97 Å². The van der Waals surface area contributed by atoms with Gasteiger partial charge in [-0.05, 0) is 25.1 Å².